The number of para-hydroxylation sites is 1. The molecule has 1 heterocycles. The van der Waals surface area contributed by atoms with Crippen LogP contribution in [-0.4, -0.2) is 42.0 Å². The van der Waals surface area contributed by atoms with E-state index in [1.807, 2.05) is 50.5 Å². The largest absolute Gasteiger partial charge is 0.383 e. The molecular weight excluding hydrogens is 340 g/mol. The Morgan fingerprint density at radius 2 is 1.85 bits per heavy atom. The zero-order valence-corrected chi connectivity index (χ0v) is 15.4. The van der Waals surface area contributed by atoms with Gasteiger partial charge in [-0.1, -0.05) is 24.3 Å². The number of benzene rings is 2. The van der Waals surface area contributed by atoms with Gasteiger partial charge in [-0.3, -0.25) is 10.1 Å². The molecule has 0 saturated heterocycles. The molecule has 0 aliphatic rings. The van der Waals surface area contributed by atoms with E-state index in [9.17, 15) is 10.1 Å². The van der Waals surface area contributed by atoms with E-state index in [1.54, 1.807) is 12.1 Å². The van der Waals surface area contributed by atoms with Crippen LogP contribution in [0.25, 0.3) is 23.1 Å². The van der Waals surface area contributed by atoms with Crippen LogP contribution >= 0.6 is 0 Å². The van der Waals surface area contributed by atoms with Crippen LogP contribution in [0.5, 0.6) is 0 Å². The predicted molar refractivity (Wildman–Crippen MR) is 111 cm³/mol. The summed E-state index contributed by atoms with van der Waals surface area (Å²) in [6.45, 7) is 1.77. The normalized spacial score (nSPS) is 11.4. The molecule has 2 aromatic carbocycles. The van der Waals surface area contributed by atoms with Crippen LogP contribution in [0.15, 0.2) is 54.6 Å². The quantitative estimate of drug-likeness (QED) is 0.501. The highest BCUT2D eigenvalue weighted by Crippen LogP contribution is 2.24. The van der Waals surface area contributed by atoms with Gasteiger partial charge in [0.05, 0.1) is 16.1 Å². The van der Waals surface area contributed by atoms with Gasteiger partial charge in [0, 0.05) is 36.3 Å². The minimum absolute atomic E-state index is 0.0864. The lowest BCUT2D eigenvalue weighted by molar-refractivity contribution is -0.384. The third kappa shape index (κ3) is 4.89. The Bertz CT molecular complexity index is 966. The lowest BCUT2D eigenvalue weighted by Gasteiger charge is -2.13. The summed E-state index contributed by atoms with van der Waals surface area (Å²) in [5.74, 6) is 0. The molecule has 0 fully saturated rings. The van der Waals surface area contributed by atoms with Crippen molar-refractivity contribution >= 4 is 34.4 Å². The van der Waals surface area contributed by atoms with Gasteiger partial charge in [-0.25, -0.2) is 4.98 Å². The minimum Gasteiger partial charge on any atom is -0.383 e. The number of hydrogen-bond acceptors (Lipinski definition) is 5. The van der Waals surface area contributed by atoms with E-state index in [0.717, 1.165) is 40.9 Å². The summed E-state index contributed by atoms with van der Waals surface area (Å²) in [5.41, 5.74) is 3.78. The highest BCUT2D eigenvalue weighted by Gasteiger charge is 2.05. The van der Waals surface area contributed by atoms with Crippen molar-refractivity contribution in [2.75, 3.05) is 32.5 Å². The van der Waals surface area contributed by atoms with E-state index in [-0.39, 0.29) is 5.69 Å². The SMILES string of the molecule is CN(C)CCNc1cc(/C=C/c2ccc([N+](=O)[O-])cc2)nc2ccccc12. The fourth-order valence-electron chi connectivity index (χ4n) is 2.73. The number of aromatic nitrogens is 1. The summed E-state index contributed by atoms with van der Waals surface area (Å²) in [4.78, 5) is 17.2. The van der Waals surface area contributed by atoms with Crippen molar-refractivity contribution in [3.05, 3.63) is 76.0 Å². The van der Waals surface area contributed by atoms with Gasteiger partial charge in [0.1, 0.15) is 0 Å². The maximum atomic E-state index is 10.7. The van der Waals surface area contributed by atoms with Crippen molar-refractivity contribution in [3.8, 4) is 0 Å². The molecule has 1 aromatic heterocycles. The summed E-state index contributed by atoms with van der Waals surface area (Å²) in [6, 6.07) is 16.5. The fourth-order valence-corrected chi connectivity index (χ4v) is 2.73. The Hall–Kier alpha value is -3.25. The van der Waals surface area contributed by atoms with Crippen molar-refractivity contribution in [2.24, 2.45) is 0 Å². The molecule has 138 valence electrons. The topological polar surface area (TPSA) is 71.3 Å². The molecule has 27 heavy (non-hydrogen) atoms. The smallest absolute Gasteiger partial charge is 0.269 e. The second-order valence-electron chi connectivity index (χ2n) is 6.52. The number of nitrogens with zero attached hydrogens (tertiary/aromatic N) is 3. The Morgan fingerprint density at radius 1 is 1.11 bits per heavy atom. The summed E-state index contributed by atoms with van der Waals surface area (Å²) in [7, 11) is 4.09. The van der Waals surface area contributed by atoms with Crippen LogP contribution in [0.3, 0.4) is 0 Å². The van der Waals surface area contributed by atoms with Crippen LogP contribution in [-0.2, 0) is 0 Å². The van der Waals surface area contributed by atoms with E-state index in [0.29, 0.717) is 0 Å². The Morgan fingerprint density at radius 3 is 2.56 bits per heavy atom. The first kappa shape index (κ1) is 18.5. The highest BCUT2D eigenvalue weighted by atomic mass is 16.6. The van der Waals surface area contributed by atoms with Crippen LogP contribution < -0.4 is 5.32 Å². The van der Waals surface area contributed by atoms with Gasteiger partial charge in [0.25, 0.3) is 5.69 Å². The second kappa shape index (κ2) is 8.42. The van der Waals surface area contributed by atoms with Crippen LogP contribution in [0.1, 0.15) is 11.3 Å². The fraction of sp³-hybridized carbons (Fsp3) is 0.190. The molecule has 0 aliphatic carbocycles. The minimum atomic E-state index is -0.399. The molecule has 6 nitrogen and oxygen atoms in total. The molecule has 0 amide bonds. The van der Waals surface area contributed by atoms with E-state index >= 15 is 0 Å². The number of likely N-dealkylation sites (N-methyl/N-ethyl adjacent to an activating group) is 1. The van der Waals surface area contributed by atoms with Crippen molar-refractivity contribution in [1.82, 2.24) is 9.88 Å². The van der Waals surface area contributed by atoms with E-state index in [1.165, 1.54) is 12.1 Å². The predicted octanol–water partition coefficient (Wildman–Crippen LogP) is 4.29. The molecule has 3 aromatic rings. The highest BCUT2D eigenvalue weighted by molar-refractivity contribution is 5.92. The van der Waals surface area contributed by atoms with Gasteiger partial charge >= 0.3 is 0 Å². The molecule has 1 N–H and O–H groups in total. The number of hydrogen-bond donors (Lipinski definition) is 1. The summed E-state index contributed by atoms with van der Waals surface area (Å²) >= 11 is 0. The number of anilines is 1. The van der Waals surface area contributed by atoms with E-state index < -0.39 is 4.92 Å². The summed E-state index contributed by atoms with van der Waals surface area (Å²) in [6.07, 6.45) is 3.83. The lowest BCUT2D eigenvalue weighted by atomic mass is 10.1. The molecule has 0 spiro atoms. The van der Waals surface area contributed by atoms with Gasteiger partial charge in [0.15, 0.2) is 0 Å². The molecule has 0 radical (unpaired) electrons. The van der Waals surface area contributed by atoms with Crippen LogP contribution in [0.4, 0.5) is 11.4 Å². The maximum Gasteiger partial charge on any atom is 0.269 e. The van der Waals surface area contributed by atoms with E-state index in [2.05, 4.69) is 16.3 Å². The van der Waals surface area contributed by atoms with Gasteiger partial charge in [-0.2, -0.15) is 0 Å². The standard InChI is InChI=1S/C21H22N4O2/c1-24(2)14-13-22-21-15-17(23-20-6-4-3-5-19(20)21)10-7-16-8-11-18(12-9-16)25(26)27/h3-12,15H,13-14H2,1-2H3,(H,22,23)/b10-7+. The zero-order valence-electron chi connectivity index (χ0n) is 15.4. The number of non-ortho nitro benzene ring substituents is 1. The van der Waals surface area contributed by atoms with Crippen molar-refractivity contribution in [1.29, 1.82) is 0 Å². The molecule has 0 bridgehead atoms. The maximum absolute atomic E-state index is 10.7. The molecule has 6 heteroatoms. The average molecular weight is 362 g/mol. The first-order chi connectivity index (χ1) is 13.0. The molecule has 3 rings (SSSR count). The summed E-state index contributed by atoms with van der Waals surface area (Å²) in [5, 5.41) is 15.3. The number of nitro benzene ring substituents is 1. The van der Waals surface area contributed by atoms with Gasteiger partial charge in [-0.05, 0) is 50.0 Å². The Balaban J connectivity index is 1.86. The number of nitro groups is 1. The Kier molecular flexibility index (Phi) is 5.78. The van der Waals surface area contributed by atoms with E-state index in [4.69, 9.17) is 4.98 Å². The van der Waals surface area contributed by atoms with Gasteiger partial charge in [-0.15, -0.1) is 0 Å². The number of nitrogens with one attached hydrogen (secondary N) is 1. The third-order valence-electron chi connectivity index (χ3n) is 4.16. The molecular formula is C21H22N4O2. The monoisotopic (exact) mass is 362 g/mol. The van der Waals surface area contributed by atoms with Gasteiger partial charge < -0.3 is 10.2 Å². The number of pyridine rings is 1. The summed E-state index contributed by atoms with van der Waals surface area (Å²) < 4.78 is 0. The second-order valence-corrected chi connectivity index (χ2v) is 6.52. The molecule has 0 aliphatic heterocycles. The third-order valence-corrected chi connectivity index (χ3v) is 4.16. The molecule has 0 atom stereocenters. The first-order valence-electron chi connectivity index (χ1n) is 8.74. The number of rotatable bonds is 7. The zero-order chi connectivity index (χ0) is 19.2. The van der Waals surface area contributed by atoms with Crippen molar-refractivity contribution in [3.63, 3.8) is 0 Å². The van der Waals surface area contributed by atoms with Gasteiger partial charge in [0.2, 0.25) is 0 Å². The lowest BCUT2D eigenvalue weighted by Crippen LogP contribution is -2.20. The van der Waals surface area contributed by atoms with Crippen LogP contribution in [0, 0.1) is 10.1 Å². The van der Waals surface area contributed by atoms with Crippen LogP contribution in [0.2, 0.25) is 0 Å². The number of fused-ring (bicyclic) bond motifs is 1. The average Bonchev–Trinajstić information content (AvgIpc) is 2.66. The van der Waals surface area contributed by atoms with Crippen molar-refractivity contribution < 1.29 is 4.92 Å². The molecule has 0 saturated carbocycles. The Labute approximate surface area is 158 Å². The first-order valence-corrected chi connectivity index (χ1v) is 8.74. The van der Waals surface area contributed by atoms with Crippen molar-refractivity contribution in [2.45, 2.75) is 0 Å². The molecule has 0 unspecified atom stereocenters.